The van der Waals surface area contributed by atoms with Crippen LogP contribution in [0.15, 0.2) is 41.2 Å². The lowest BCUT2D eigenvalue weighted by Crippen LogP contribution is -2.23. The van der Waals surface area contributed by atoms with Crippen LogP contribution < -0.4 is 10.9 Å². The fourth-order valence-corrected chi connectivity index (χ4v) is 3.63. The number of hydrogen-bond donors (Lipinski definition) is 2. The van der Waals surface area contributed by atoms with Crippen molar-refractivity contribution in [2.75, 3.05) is 0 Å². The number of rotatable bonds is 4. The Morgan fingerprint density at radius 1 is 1.04 bits per heavy atom. The lowest BCUT2D eigenvalue weighted by atomic mass is 9.98. The monoisotopic (exact) mass is 388 g/mol. The fourth-order valence-electron chi connectivity index (χ4n) is 3.33. The van der Waals surface area contributed by atoms with E-state index in [1.165, 1.54) is 0 Å². The Morgan fingerprint density at radius 2 is 1.85 bits per heavy atom. The van der Waals surface area contributed by atoms with E-state index in [1.807, 2.05) is 24.3 Å². The van der Waals surface area contributed by atoms with Crippen molar-refractivity contribution in [2.24, 2.45) is 0 Å². The Balaban J connectivity index is 1.78. The summed E-state index contributed by atoms with van der Waals surface area (Å²) < 4.78 is 0. The molecule has 1 aliphatic heterocycles. The SMILES string of the molecule is O=C1CC[C@H](C=C(c2ccc(Cl)c(Cl)c2)c2ccc(C3CC3)c(=O)[nH]2)N1. The lowest BCUT2D eigenvalue weighted by Gasteiger charge is -2.13. The molecule has 134 valence electrons. The van der Waals surface area contributed by atoms with Crippen LogP contribution in [0.5, 0.6) is 0 Å². The minimum Gasteiger partial charge on any atom is -0.350 e. The molecule has 2 fully saturated rings. The van der Waals surface area contributed by atoms with E-state index in [1.54, 1.807) is 12.1 Å². The van der Waals surface area contributed by atoms with Crippen LogP contribution in [-0.4, -0.2) is 16.9 Å². The first-order valence-electron chi connectivity index (χ1n) is 8.71. The van der Waals surface area contributed by atoms with E-state index in [-0.39, 0.29) is 17.5 Å². The summed E-state index contributed by atoms with van der Waals surface area (Å²) in [4.78, 5) is 27.0. The number of pyridine rings is 1. The number of nitrogens with one attached hydrogen (secondary N) is 2. The van der Waals surface area contributed by atoms with Crippen molar-refractivity contribution in [3.63, 3.8) is 0 Å². The molecule has 0 unspecified atom stereocenters. The molecule has 0 bridgehead atoms. The van der Waals surface area contributed by atoms with E-state index in [9.17, 15) is 9.59 Å². The van der Waals surface area contributed by atoms with Crippen molar-refractivity contribution in [3.8, 4) is 0 Å². The molecule has 1 aliphatic carbocycles. The Kier molecular flexibility index (Phi) is 4.63. The van der Waals surface area contributed by atoms with Gasteiger partial charge in [0.25, 0.3) is 5.56 Å². The number of H-pyrrole nitrogens is 1. The molecule has 1 saturated carbocycles. The summed E-state index contributed by atoms with van der Waals surface area (Å²) in [5, 5.41) is 3.86. The highest BCUT2D eigenvalue weighted by Crippen LogP contribution is 2.38. The van der Waals surface area contributed by atoms with Crippen molar-refractivity contribution in [1.82, 2.24) is 10.3 Å². The smallest absolute Gasteiger partial charge is 0.251 e. The zero-order chi connectivity index (χ0) is 18.3. The largest absolute Gasteiger partial charge is 0.350 e. The minimum absolute atomic E-state index is 0.0392. The van der Waals surface area contributed by atoms with Crippen LogP contribution in [0.2, 0.25) is 10.0 Å². The van der Waals surface area contributed by atoms with E-state index >= 15 is 0 Å². The Hall–Kier alpha value is -2.04. The predicted molar refractivity (Wildman–Crippen MR) is 104 cm³/mol. The van der Waals surface area contributed by atoms with Gasteiger partial charge in [-0.2, -0.15) is 0 Å². The molecule has 4 rings (SSSR count). The van der Waals surface area contributed by atoms with Crippen molar-refractivity contribution in [2.45, 2.75) is 37.6 Å². The molecule has 2 aliphatic rings. The number of aromatic amines is 1. The van der Waals surface area contributed by atoms with Crippen LogP contribution in [0, 0.1) is 0 Å². The molecule has 26 heavy (non-hydrogen) atoms. The summed E-state index contributed by atoms with van der Waals surface area (Å²) in [6, 6.07) is 9.14. The molecule has 1 aromatic heterocycles. The molecule has 2 aromatic rings. The number of amides is 1. The van der Waals surface area contributed by atoms with E-state index in [2.05, 4.69) is 10.3 Å². The van der Waals surface area contributed by atoms with Crippen LogP contribution in [0.25, 0.3) is 5.57 Å². The lowest BCUT2D eigenvalue weighted by molar-refractivity contribution is -0.119. The number of benzene rings is 1. The third-order valence-electron chi connectivity index (χ3n) is 4.87. The molecule has 1 atom stereocenters. The third kappa shape index (κ3) is 3.57. The topological polar surface area (TPSA) is 62.0 Å². The first-order valence-corrected chi connectivity index (χ1v) is 9.47. The number of carbonyl (C=O) groups is 1. The maximum absolute atomic E-state index is 12.5. The highest BCUT2D eigenvalue weighted by Gasteiger charge is 2.26. The highest BCUT2D eigenvalue weighted by molar-refractivity contribution is 6.42. The molecule has 1 amide bonds. The molecular weight excluding hydrogens is 371 g/mol. The molecule has 2 N–H and O–H groups in total. The van der Waals surface area contributed by atoms with E-state index in [4.69, 9.17) is 23.2 Å². The van der Waals surface area contributed by atoms with Gasteiger partial charge in [0, 0.05) is 29.3 Å². The zero-order valence-electron chi connectivity index (χ0n) is 14.0. The van der Waals surface area contributed by atoms with E-state index < -0.39 is 0 Å². The normalized spacial score (nSPS) is 20.3. The standard InChI is InChI=1S/C20H18Cl2N2O2/c21-16-6-3-12(9-17(16)22)15(10-13-4-8-19(25)23-13)18-7-5-14(11-1-2-11)20(26)24-18/h3,5-7,9-11,13H,1-2,4,8H2,(H,23,25)(H,24,26)/t13-/m1/s1. The van der Waals surface area contributed by atoms with E-state index in [0.717, 1.165) is 36.0 Å². The number of hydrogen-bond acceptors (Lipinski definition) is 2. The minimum atomic E-state index is -0.0708. The summed E-state index contributed by atoms with van der Waals surface area (Å²) in [6.07, 6.45) is 5.37. The molecule has 6 heteroatoms. The summed E-state index contributed by atoms with van der Waals surface area (Å²) in [5.74, 6) is 0.427. The van der Waals surface area contributed by atoms with Gasteiger partial charge in [-0.25, -0.2) is 0 Å². The Morgan fingerprint density at radius 3 is 2.46 bits per heavy atom. The first kappa shape index (κ1) is 17.4. The van der Waals surface area contributed by atoms with E-state index in [0.29, 0.717) is 28.1 Å². The van der Waals surface area contributed by atoms with Gasteiger partial charge in [0.1, 0.15) is 0 Å². The van der Waals surface area contributed by atoms with Gasteiger partial charge in [0.15, 0.2) is 0 Å². The van der Waals surface area contributed by atoms with Gasteiger partial charge in [-0.15, -0.1) is 0 Å². The second-order valence-electron chi connectivity index (χ2n) is 6.85. The van der Waals surface area contributed by atoms with Crippen LogP contribution in [0.1, 0.15) is 48.4 Å². The van der Waals surface area contributed by atoms with Crippen molar-refractivity contribution in [3.05, 3.63) is 73.6 Å². The quantitative estimate of drug-likeness (QED) is 0.821. The van der Waals surface area contributed by atoms with Crippen molar-refractivity contribution < 1.29 is 4.79 Å². The van der Waals surface area contributed by atoms with Crippen molar-refractivity contribution in [1.29, 1.82) is 0 Å². The predicted octanol–water partition coefficient (Wildman–Crippen LogP) is 4.27. The first-order chi connectivity index (χ1) is 12.5. The van der Waals surface area contributed by atoms with Crippen LogP contribution in [0.4, 0.5) is 0 Å². The Labute approximate surface area is 161 Å². The average Bonchev–Trinajstić information content (AvgIpc) is 3.37. The number of carbonyl (C=O) groups excluding carboxylic acids is 1. The zero-order valence-corrected chi connectivity index (χ0v) is 15.5. The fraction of sp³-hybridized carbons (Fsp3) is 0.300. The summed E-state index contributed by atoms with van der Waals surface area (Å²) in [5.41, 5.74) is 3.17. The molecule has 1 saturated heterocycles. The summed E-state index contributed by atoms with van der Waals surface area (Å²) in [6.45, 7) is 0. The Bertz CT molecular complexity index is 961. The molecule has 1 aromatic carbocycles. The van der Waals surface area contributed by atoms with Gasteiger partial charge < -0.3 is 10.3 Å². The van der Waals surface area contributed by atoms with Gasteiger partial charge >= 0.3 is 0 Å². The van der Waals surface area contributed by atoms with Crippen molar-refractivity contribution >= 4 is 34.7 Å². The molecule has 2 heterocycles. The van der Waals surface area contributed by atoms with Crippen LogP contribution in [0.3, 0.4) is 0 Å². The van der Waals surface area contributed by atoms with Gasteiger partial charge in [0.2, 0.25) is 5.91 Å². The van der Waals surface area contributed by atoms with Gasteiger partial charge in [-0.1, -0.05) is 41.4 Å². The maximum atomic E-state index is 12.5. The summed E-state index contributed by atoms with van der Waals surface area (Å²) >= 11 is 12.2. The van der Waals surface area contributed by atoms with Gasteiger partial charge in [-0.05, 0) is 48.9 Å². The average molecular weight is 389 g/mol. The van der Waals surface area contributed by atoms with Gasteiger partial charge in [-0.3, -0.25) is 9.59 Å². The maximum Gasteiger partial charge on any atom is 0.251 e. The molecule has 0 radical (unpaired) electrons. The molecule has 0 spiro atoms. The number of aromatic nitrogens is 1. The van der Waals surface area contributed by atoms with Crippen LogP contribution in [-0.2, 0) is 4.79 Å². The third-order valence-corrected chi connectivity index (χ3v) is 5.61. The highest BCUT2D eigenvalue weighted by atomic mass is 35.5. The summed E-state index contributed by atoms with van der Waals surface area (Å²) in [7, 11) is 0. The van der Waals surface area contributed by atoms with Gasteiger partial charge in [0.05, 0.1) is 10.0 Å². The second-order valence-corrected chi connectivity index (χ2v) is 7.67. The number of halogens is 2. The molecular formula is C20H18Cl2N2O2. The van der Waals surface area contributed by atoms with Crippen LogP contribution >= 0.6 is 23.2 Å². The molecule has 4 nitrogen and oxygen atoms in total. The second kappa shape index (κ2) is 6.93.